The van der Waals surface area contributed by atoms with Crippen LogP contribution in [0, 0.1) is 5.41 Å². The fourth-order valence-electron chi connectivity index (χ4n) is 4.18. The van der Waals surface area contributed by atoms with Crippen LogP contribution in [0.25, 0.3) is 0 Å². The highest BCUT2D eigenvalue weighted by atomic mass is 16.5. The third-order valence-corrected chi connectivity index (χ3v) is 5.79. The highest BCUT2D eigenvalue weighted by Gasteiger charge is 2.49. The van der Waals surface area contributed by atoms with E-state index >= 15 is 0 Å². The number of nitrogens with one attached hydrogen (secondary N) is 1. The monoisotopic (exact) mass is 331 g/mol. The molecule has 0 aliphatic heterocycles. The van der Waals surface area contributed by atoms with E-state index in [0.29, 0.717) is 18.3 Å². The third-order valence-electron chi connectivity index (χ3n) is 5.79. The van der Waals surface area contributed by atoms with E-state index in [1.54, 1.807) is 0 Å². The Morgan fingerprint density at radius 3 is 2.21 bits per heavy atom. The Bertz CT molecular complexity index is 583. The molecule has 1 aromatic rings. The van der Waals surface area contributed by atoms with Crippen LogP contribution in [-0.4, -0.2) is 22.7 Å². The van der Waals surface area contributed by atoms with Gasteiger partial charge in [-0.1, -0.05) is 43.2 Å². The van der Waals surface area contributed by atoms with E-state index in [9.17, 15) is 14.7 Å². The number of alkyl carbamates (subject to hydrolysis) is 1. The number of rotatable bonds is 4. The summed E-state index contributed by atoms with van der Waals surface area (Å²) >= 11 is 0. The summed E-state index contributed by atoms with van der Waals surface area (Å²) in [6.07, 6.45) is 6.95. The van der Waals surface area contributed by atoms with Crippen molar-refractivity contribution >= 4 is 12.1 Å². The third kappa shape index (κ3) is 3.55. The van der Waals surface area contributed by atoms with Crippen molar-refractivity contribution < 1.29 is 19.4 Å². The minimum atomic E-state index is -1.18. The standard InChI is InChI=1S/C19H25NO4/c21-16(22)19(12-10-18(11-13-19)8-4-5-9-18)20-17(23)24-14-15-6-2-1-3-7-15/h1-3,6-7H,4-5,8-14H2,(H,20,23)(H,21,22). The molecule has 0 atom stereocenters. The Morgan fingerprint density at radius 2 is 1.62 bits per heavy atom. The smallest absolute Gasteiger partial charge is 0.408 e. The van der Waals surface area contributed by atoms with Gasteiger partial charge in [-0.3, -0.25) is 0 Å². The molecule has 0 bridgehead atoms. The highest BCUT2D eigenvalue weighted by molar-refractivity contribution is 5.84. The SMILES string of the molecule is O=C(NC1(C(=O)O)CCC2(CCCC2)CC1)OCc1ccccc1. The minimum absolute atomic E-state index is 0.145. The summed E-state index contributed by atoms with van der Waals surface area (Å²) in [5.41, 5.74) is 0.0153. The lowest BCUT2D eigenvalue weighted by atomic mass is 9.66. The van der Waals surface area contributed by atoms with Gasteiger partial charge < -0.3 is 15.2 Å². The lowest BCUT2D eigenvalue weighted by molar-refractivity contribution is -0.147. The summed E-state index contributed by atoms with van der Waals surface area (Å²) in [5.74, 6) is -0.952. The first-order valence-corrected chi connectivity index (χ1v) is 8.76. The predicted octanol–water partition coefficient (Wildman–Crippen LogP) is 3.87. The molecule has 0 radical (unpaired) electrons. The van der Waals surface area contributed by atoms with Gasteiger partial charge in [0, 0.05) is 0 Å². The van der Waals surface area contributed by atoms with Gasteiger partial charge in [0.05, 0.1) is 0 Å². The number of ether oxygens (including phenoxy) is 1. The lowest BCUT2D eigenvalue weighted by Gasteiger charge is -2.42. The van der Waals surface area contributed by atoms with Gasteiger partial charge in [-0.05, 0) is 49.5 Å². The van der Waals surface area contributed by atoms with E-state index in [0.717, 1.165) is 18.4 Å². The molecule has 130 valence electrons. The zero-order chi connectivity index (χ0) is 17.0. The van der Waals surface area contributed by atoms with E-state index in [4.69, 9.17) is 4.74 Å². The number of aliphatic carboxylic acids is 1. The van der Waals surface area contributed by atoms with Gasteiger partial charge in [0.1, 0.15) is 12.1 Å². The fraction of sp³-hybridized carbons (Fsp3) is 0.579. The van der Waals surface area contributed by atoms with E-state index < -0.39 is 17.6 Å². The van der Waals surface area contributed by atoms with Crippen LogP contribution >= 0.6 is 0 Å². The Morgan fingerprint density at radius 1 is 1.00 bits per heavy atom. The second kappa shape index (κ2) is 6.83. The van der Waals surface area contributed by atoms with Crippen LogP contribution in [0.3, 0.4) is 0 Å². The van der Waals surface area contributed by atoms with Crippen molar-refractivity contribution in [2.75, 3.05) is 0 Å². The molecule has 0 unspecified atom stereocenters. The Labute approximate surface area is 142 Å². The fourth-order valence-corrected chi connectivity index (χ4v) is 4.18. The summed E-state index contributed by atoms with van der Waals surface area (Å²) in [5, 5.41) is 12.3. The van der Waals surface area contributed by atoms with Crippen LogP contribution in [0.1, 0.15) is 56.9 Å². The zero-order valence-corrected chi connectivity index (χ0v) is 13.9. The Balaban J connectivity index is 1.58. The maximum atomic E-state index is 12.1. The molecule has 1 aromatic carbocycles. The number of carbonyl (C=O) groups is 2. The molecule has 24 heavy (non-hydrogen) atoms. The summed E-state index contributed by atoms with van der Waals surface area (Å²) in [6.45, 7) is 0.145. The Kier molecular flexibility index (Phi) is 4.78. The van der Waals surface area contributed by atoms with Gasteiger partial charge in [-0.15, -0.1) is 0 Å². The van der Waals surface area contributed by atoms with E-state index in [1.165, 1.54) is 25.7 Å². The van der Waals surface area contributed by atoms with Gasteiger partial charge in [0.25, 0.3) is 0 Å². The number of hydrogen-bond donors (Lipinski definition) is 2. The first kappa shape index (κ1) is 16.8. The predicted molar refractivity (Wildman–Crippen MR) is 89.5 cm³/mol. The first-order chi connectivity index (χ1) is 11.5. The molecular formula is C19H25NO4. The summed E-state index contributed by atoms with van der Waals surface area (Å²) < 4.78 is 5.21. The molecule has 3 rings (SSSR count). The van der Waals surface area contributed by atoms with E-state index in [-0.39, 0.29) is 6.61 Å². The molecule has 2 aliphatic carbocycles. The molecule has 2 fully saturated rings. The molecule has 2 aliphatic rings. The van der Waals surface area contributed by atoms with Crippen LogP contribution in [0.2, 0.25) is 0 Å². The summed E-state index contributed by atoms with van der Waals surface area (Å²) in [7, 11) is 0. The summed E-state index contributed by atoms with van der Waals surface area (Å²) in [6, 6.07) is 9.37. The Hall–Kier alpha value is -2.04. The average Bonchev–Trinajstić information content (AvgIpc) is 3.05. The van der Waals surface area contributed by atoms with Gasteiger partial charge in [0.15, 0.2) is 0 Å². The molecule has 2 saturated carbocycles. The summed E-state index contributed by atoms with van der Waals surface area (Å²) in [4.78, 5) is 23.9. The molecule has 5 nitrogen and oxygen atoms in total. The zero-order valence-electron chi connectivity index (χ0n) is 13.9. The number of carbonyl (C=O) groups excluding carboxylic acids is 1. The van der Waals surface area contributed by atoms with Crippen molar-refractivity contribution in [1.82, 2.24) is 5.32 Å². The quantitative estimate of drug-likeness (QED) is 0.878. The van der Waals surface area contributed by atoms with Gasteiger partial charge >= 0.3 is 12.1 Å². The number of benzene rings is 1. The van der Waals surface area contributed by atoms with Crippen LogP contribution in [0.5, 0.6) is 0 Å². The van der Waals surface area contributed by atoms with Crippen LogP contribution < -0.4 is 5.32 Å². The molecular weight excluding hydrogens is 306 g/mol. The van der Waals surface area contributed by atoms with Crippen LogP contribution in [0.15, 0.2) is 30.3 Å². The van der Waals surface area contributed by atoms with Crippen molar-refractivity contribution in [3.05, 3.63) is 35.9 Å². The molecule has 0 saturated heterocycles. The van der Waals surface area contributed by atoms with Gasteiger partial charge in [-0.25, -0.2) is 9.59 Å². The molecule has 2 N–H and O–H groups in total. The van der Waals surface area contributed by atoms with Crippen molar-refractivity contribution in [3.8, 4) is 0 Å². The number of carboxylic acid groups (broad SMARTS) is 1. The van der Waals surface area contributed by atoms with Crippen molar-refractivity contribution in [3.63, 3.8) is 0 Å². The second-order valence-electron chi connectivity index (χ2n) is 7.28. The molecule has 1 spiro atoms. The molecule has 0 heterocycles. The number of carboxylic acids is 1. The molecule has 1 amide bonds. The van der Waals surface area contributed by atoms with Gasteiger partial charge in [-0.2, -0.15) is 0 Å². The molecule has 0 aromatic heterocycles. The maximum Gasteiger partial charge on any atom is 0.408 e. The molecule has 5 heteroatoms. The van der Waals surface area contributed by atoms with Crippen LogP contribution in [0.4, 0.5) is 4.79 Å². The largest absolute Gasteiger partial charge is 0.480 e. The lowest BCUT2D eigenvalue weighted by Crippen LogP contribution is -2.57. The van der Waals surface area contributed by atoms with Crippen molar-refractivity contribution in [2.45, 2.75) is 63.5 Å². The van der Waals surface area contributed by atoms with E-state index in [2.05, 4.69) is 5.32 Å². The van der Waals surface area contributed by atoms with E-state index in [1.807, 2.05) is 30.3 Å². The number of hydrogen-bond acceptors (Lipinski definition) is 3. The average molecular weight is 331 g/mol. The topological polar surface area (TPSA) is 75.6 Å². The minimum Gasteiger partial charge on any atom is -0.480 e. The van der Waals surface area contributed by atoms with Crippen LogP contribution in [-0.2, 0) is 16.1 Å². The van der Waals surface area contributed by atoms with Crippen molar-refractivity contribution in [1.29, 1.82) is 0 Å². The maximum absolute atomic E-state index is 12.1. The number of amides is 1. The first-order valence-electron chi connectivity index (χ1n) is 8.76. The van der Waals surface area contributed by atoms with Gasteiger partial charge in [0.2, 0.25) is 0 Å². The van der Waals surface area contributed by atoms with Crippen molar-refractivity contribution in [2.24, 2.45) is 5.41 Å². The highest BCUT2D eigenvalue weighted by Crippen LogP contribution is 2.51. The normalized spacial score (nSPS) is 21.3. The second-order valence-corrected chi connectivity index (χ2v) is 7.28.